The van der Waals surface area contributed by atoms with E-state index in [4.69, 9.17) is 4.74 Å². The van der Waals surface area contributed by atoms with Gasteiger partial charge in [-0.2, -0.15) is 5.26 Å². The lowest BCUT2D eigenvalue weighted by molar-refractivity contribution is -0.124. The molecule has 4 nitrogen and oxygen atoms in total. The minimum absolute atomic E-state index is 0.0956. The smallest absolute Gasteiger partial charge is 0.259 e. The van der Waals surface area contributed by atoms with Crippen LogP contribution in [0.1, 0.15) is 19.8 Å². The quantitative estimate of drug-likeness (QED) is 0.788. The van der Waals surface area contributed by atoms with Crippen molar-refractivity contribution in [3.05, 3.63) is 53.0 Å². The number of nitrogens with zero attached hydrogens (tertiary/aromatic N) is 1. The Hall–Kier alpha value is -2.32. The molecule has 0 spiro atoms. The maximum atomic E-state index is 12.1. The number of ether oxygens (including phenoxy) is 1. The third kappa shape index (κ3) is 4.40. The van der Waals surface area contributed by atoms with Gasteiger partial charge in [-0.3, -0.25) is 4.79 Å². The van der Waals surface area contributed by atoms with E-state index in [0.717, 1.165) is 28.4 Å². The molecule has 2 aromatic rings. The van der Waals surface area contributed by atoms with Crippen LogP contribution in [0, 0.1) is 17.2 Å². The molecular formula is C20H19BrN2O2. The van der Waals surface area contributed by atoms with Gasteiger partial charge in [-0.15, -0.1) is 0 Å². The van der Waals surface area contributed by atoms with Gasteiger partial charge in [0.05, 0.1) is 6.07 Å². The van der Waals surface area contributed by atoms with Crippen LogP contribution >= 0.6 is 15.9 Å². The molecule has 0 radical (unpaired) electrons. The second-order valence-corrected chi connectivity index (χ2v) is 7.37. The number of carbonyl (C=O) groups excluding carboxylic acids is 1. The molecular weight excluding hydrogens is 380 g/mol. The lowest BCUT2D eigenvalue weighted by atomic mass is 9.98. The maximum Gasteiger partial charge on any atom is 0.259 e. The monoisotopic (exact) mass is 398 g/mol. The zero-order chi connectivity index (χ0) is 17.9. The molecule has 128 valence electrons. The number of benzene rings is 2. The standard InChI is InChI=1S/C20H19BrN2O2/c1-20(13-22,16-6-7-16)23-19(24)12-25-18-10-4-15(5-11-18)14-2-8-17(21)9-3-14/h2-5,8-11,16H,6-7,12H2,1H3,(H,23,24)/t20-/m0/s1. The number of carbonyl (C=O) groups is 1. The van der Waals surface area contributed by atoms with Crippen LogP contribution in [-0.4, -0.2) is 18.1 Å². The van der Waals surface area contributed by atoms with E-state index in [9.17, 15) is 10.1 Å². The molecule has 0 bridgehead atoms. The molecule has 3 rings (SSSR count). The highest BCUT2D eigenvalue weighted by Crippen LogP contribution is 2.39. The van der Waals surface area contributed by atoms with Crippen LogP contribution in [0.15, 0.2) is 53.0 Å². The number of nitrogens with one attached hydrogen (secondary N) is 1. The molecule has 1 aliphatic carbocycles. The van der Waals surface area contributed by atoms with Crippen LogP contribution in [0.2, 0.25) is 0 Å². The van der Waals surface area contributed by atoms with Crippen molar-refractivity contribution in [2.24, 2.45) is 5.92 Å². The Morgan fingerprint density at radius 3 is 2.28 bits per heavy atom. The van der Waals surface area contributed by atoms with Gasteiger partial charge in [0.1, 0.15) is 11.3 Å². The molecule has 1 N–H and O–H groups in total. The molecule has 0 aliphatic heterocycles. The molecule has 5 heteroatoms. The van der Waals surface area contributed by atoms with E-state index >= 15 is 0 Å². The summed E-state index contributed by atoms with van der Waals surface area (Å²) in [6, 6.07) is 17.9. The first kappa shape index (κ1) is 17.5. The fraction of sp³-hybridized carbons (Fsp3) is 0.300. The molecule has 0 saturated heterocycles. The van der Waals surface area contributed by atoms with Gasteiger partial charge < -0.3 is 10.1 Å². The summed E-state index contributed by atoms with van der Waals surface area (Å²) in [5.74, 6) is 0.612. The van der Waals surface area contributed by atoms with Gasteiger partial charge >= 0.3 is 0 Å². The SMILES string of the molecule is C[C@@](C#N)(NC(=O)COc1ccc(-c2ccc(Br)cc2)cc1)C1CC1. The number of hydrogen-bond acceptors (Lipinski definition) is 3. The highest BCUT2D eigenvalue weighted by Gasteiger charge is 2.43. The topological polar surface area (TPSA) is 62.1 Å². The summed E-state index contributed by atoms with van der Waals surface area (Å²) in [5.41, 5.74) is 1.41. The number of hydrogen-bond donors (Lipinski definition) is 1. The van der Waals surface area contributed by atoms with E-state index < -0.39 is 5.54 Å². The van der Waals surface area contributed by atoms with Crippen molar-refractivity contribution in [3.8, 4) is 22.9 Å². The average molecular weight is 399 g/mol. The van der Waals surface area contributed by atoms with Gasteiger partial charge in [0.15, 0.2) is 6.61 Å². The molecule has 0 heterocycles. The Kier molecular flexibility index (Phi) is 5.10. The van der Waals surface area contributed by atoms with Gasteiger partial charge in [-0.25, -0.2) is 0 Å². The van der Waals surface area contributed by atoms with Gasteiger partial charge in [-0.05, 0) is 61.1 Å². The lowest BCUT2D eigenvalue weighted by Gasteiger charge is -2.22. The van der Waals surface area contributed by atoms with Crippen LogP contribution in [0.4, 0.5) is 0 Å². The van der Waals surface area contributed by atoms with Gasteiger partial charge in [-0.1, -0.05) is 40.2 Å². The zero-order valence-corrected chi connectivity index (χ0v) is 15.5. The lowest BCUT2D eigenvalue weighted by Crippen LogP contribution is -2.48. The molecule has 25 heavy (non-hydrogen) atoms. The second kappa shape index (κ2) is 7.28. The van der Waals surface area contributed by atoms with Crippen molar-refractivity contribution in [1.29, 1.82) is 5.26 Å². The number of rotatable bonds is 6. The van der Waals surface area contributed by atoms with Crippen molar-refractivity contribution in [3.63, 3.8) is 0 Å². The van der Waals surface area contributed by atoms with Gasteiger partial charge in [0.25, 0.3) is 5.91 Å². The summed E-state index contributed by atoms with van der Waals surface area (Å²) in [4.78, 5) is 12.1. The summed E-state index contributed by atoms with van der Waals surface area (Å²) in [5, 5.41) is 12.1. The molecule has 2 aromatic carbocycles. The molecule has 0 aromatic heterocycles. The fourth-order valence-electron chi connectivity index (χ4n) is 2.74. The summed E-state index contributed by atoms with van der Waals surface area (Å²) in [6.45, 7) is 1.68. The Bertz CT molecular complexity index is 792. The number of amides is 1. The number of halogens is 1. The van der Waals surface area contributed by atoms with Gasteiger partial charge in [0.2, 0.25) is 0 Å². The average Bonchev–Trinajstić information content (AvgIpc) is 3.47. The van der Waals surface area contributed by atoms with Crippen LogP contribution in [0.3, 0.4) is 0 Å². The summed E-state index contributed by atoms with van der Waals surface area (Å²) in [6.07, 6.45) is 1.98. The van der Waals surface area contributed by atoms with Crippen LogP contribution in [-0.2, 0) is 4.79 Å². The van der Waals surface area contributed by atoms with Crippen LogP contribution in [0.25, 0.3) is 11.1 Å². The van der Waals surface area contributed by atoms with Crippen molar-refractivity contribution in [2.75, 3.05) is 6.61 Å². The Morgan fingerprint density at radius 2 is 1.76 bits per heavy atom. The highest BCUT2D eigenvalue weighted by atomic mass is 79.9. The predicted molar refractivity (Wildman–Crippen MR) is 100.0 cm³/mol. The molecule has 1 amide bonds. The van der Waals surface area contributed by atoms with E-state index in [1.54, 1.807) is 6.92 Å². The summed E-state index contributed by atoms with van der Waals surface area (Å²) in [7, 11) is 0. The van der Waals surface area contributed by atoms with E-state index in [0.29, 0.717) is 5.75 Å². The fourth-order valence-corrected chi connectivity index (χ4v) is 3.01. The van der Waals surface area contributed by atoms with Gasteiger partial charge in [0, 0.05) is 4.47 Å². The Labute approximate surface area is 155 Å². The van der Waals surface area contributed by atoms with Crippen molar-refractivity contribution < 1.29 is 9.53 Å². The Morgan fingerprint density at radius 1 is 1.20 bits per heavy atom. The Balaban J connectivity index is 1.56. The van der Waals surface area contributed by atoms with Crippen LogP contribution in [0.5, 0.6) is 5.75 Å². The molecule has 1 saturated carbocycles. The molecule has 1 fully saturated rings. The summed E-state index contributed by atoms with van der Waals surface area (Å²) >= 11 is 3.42. The summed E-state index contributed by atoms with van der Waals surface area (Å²) < 4.78 is 6.58. The largest absolute Gasteiger partial charge is 0.484 e. The van der Waals surface area contributed by atoms with Crippen molar-refractivity contribution >= 4 is 21.8 Å². The molecule has 1 atom stereocenters. The third-order valence-electron chi connectivity index (χ3n) is 4.43. The molecule has 1 aliphatic rings. The van der Waals surface area contributed by atoms with Crippen molar-refractivity contribution in [2.45, 2.75) is 25.3 Å². The molecule has 0 unspecified atom stereocenters. The van der Waals surface area contributed by atoms with Crippen molar-refractivity contribution in [1.82, 2.24) is 5.32 Å². The normalized spacial score (nSPS) is 15.7. The number of nitriles is 1. The predicted octanol–water partition coefficient (Wildman–Crippen LogP) is 4.30. The zero-order valence-electron chi connectivity index (χ0n) is 14.0. The minimum atomic E-state index is -0.786. The van der Waals surface area contributed by atoms with E-state index in [1.165, 1.54) is 0 Å². The third-order valence-corrected chi connectivity index (χ3v) is 4.96. The first-order valence-electron chi connectivity index (χ1n) is 8.21. The highest BCUT2D eigenvalue weighted by molar-refractivity contribution is 9.10. The van der Waals surface area contributed by atoms with E-state index in [1.807, 2.05) is 48.5 Å². The first-order valence-corrected chi connectivity index (χ1v) is 9.00. The maximum absolute atomic E-state index is 12.1. The van der Waals surface area contributed by atoms with Crippen LogP contribution < -0.4 is 10.1 Å². The second-order valence-electron chi connectivity index (χ2n) is 6.46. The minimum Gasteiger partial charge on any atom is -0.484 e. The van der Waals surface area contributed by atoms with E-state index in [2.05, 4.69) is 27.3 Å². The first-order chi connectivity index (χ1) is 12.0. The van der Waals surface area contributed by atoms with E-state index in [-0.39, 0.29) is 18.4 Å².